The fourth-order valence-electron chi connectivity index (χ4n) is 1.10. The van der Waals surface area contributed by atoms with Crippen molar-refractivity contribution in [1.82, 2.24) is 0 Å². The van der Waals surface area contributed by atoms with E-state index in [1.165, 1.54) is 5.57 Å². The summed E-state index contributed by atoms with van der Waals surface area (Å²) in [5.41, 5.74) is 2.49. The molecule has 0 aliphatic carbocycles. The smallest absolute Gasteiger partial charge is 0.0946 e. The molecule has 0 heterocycles. The molecule has 0 aromatic carbocycles. The van der Waals surface area contributed by atoms with Gasteiger partial charge in [0.2, 0.25) is 0 Å². The van der Waals surface area contributed by atoms with E-state index in [9.17, 15) is 0 Å². The SMILES string of the molecule is CC/C(C)=C(/C#N)CC(C)(C)CC. The molecular weight excluding hydrogens is 158 g/mol. The molecule has 0 spiro atoms. The Hall–Kier alpha value is -0.770. The fraction of sp³-hybridized carbons (Fsp3) is 0.750. The summed E-state index contributed by atoms with van der Waals surface area (Å²) < 4.78 is 0. The third kappa shape index (κ3) is 4.12. The van der Waals surface area contributed by atoms with Crippen LogP contribution in [0.1, 0.15) is 53.9 Å². The third-order valence-corrected chi connectivity index (χ3v) is 2.79. The Morgan fingerprint density at radius 1 is 1.31 bits per heavy atom. The summed E-state index contributed by atoms with van der Waals surface area (Å²) in [6.45, 7) is 10.8. The van der Waals surface area contributed by atoms with Crippen molar-refractivity contribution < 1.29 is 0 Å². The first kappa shape index (κ1) is 12.2. The molecule has 0 fully saturated rings. The molecule has 74 valence electrons. The van der Waals surface area contributed by atoms with E-state index in [1.807, 2.05) is 0 Å². The minimum absolute atomic E-state index is 0.265. The number of hydrogen-bond donors (Lipinski definition) is 0. The maximum Gasteiger partial charge on any atom is 0.0946 e. The topological polar surface area (TPSA) is 23.8 Å². The van der Waals surface area contributed by atoms with E-state index < -0.39 is 0 Å². The van der Waals surface area contributed by atoms with Crippen LogP contribution in [-0.2, 0) is 0 Å². The first-order chi connectivity index (χ1) is 5.96. The van der Waals surface area contributed by atoms with Gasteiger partial charge in [0.25, 0.3) is 0 Å². The van der Waals surface area contributed by atoms with Gasteiger partial charge in [-0.1, -0.05) is 39.7 Å². The summed E-state index contributed by atoms with van der Waals surface area (Å²) >= 11 is 0. The van der Waals surface area contributed by atoms with Crippen LogP contribution in [0.5, 0.6) is 0 Å². The Kier molecular flexibility index (Phi) is 4.77. The third-order valence-electron chi connectivity index (χ3n) is 2.79. The molecule has 0 unspecified atom stereocenters. The molecule has 0 bridgehead atoms. The van der Waals surface area contributed by atoms with Gasteiger partial charge in [0.1, 0.15) is 0 Å². The van der Waals surface area contributed by atoms with Crippen molar-refractivity contribution in [2.45, 2.75) is 53.9 Å². The minimum Gasteiger partial charge on any atom is -0.193 e. The summed E-state index contributed by atoms with van der Waals surface area (Å²) in [7, 11) is 0. The van der Waals surface area contributed by atoms with Crippen LogP contribution in [-0.4, -0.2) is 0 Å². The van der Waals surface area contributed by atoms with E-state index in [0.717, 1.165) is 24.8 Å². The Bertz CT molecular complexity index is 228. The standard InChI is InChI=1S/C12H21N/c1-6-10(3)11(9-13)8-12(4,5)7-2/h6-8H2,1-5H3/b11-10+. The summed E-state index contributed by atoms with van der Waals surface area (Å²) in [5, 5.41) is 8.98. The van der Waals surface area contributed by atoms with Crippen LogP contribution in [0.2, 0.25) is 0 Å². The van der Waals surface area contributed by atoms with Gasteiger partial charge in [0.05, 0.1) is 6.07 Å². The molecule has 0 aromatic rings. The molecule has 0 aliphatic rings. The van der Waals surface area contributed by atoms with Gasteiger partial charge in [-0.05, 0) is 25.2 Å². The number of hydrogen-bond acceptors (Lipinski definition) is 1. The molecule has 0 atom stereocenters. The van der Waals surface area contributed by atoms with Gasteiger partial charge in [-0.2, -0.15) is 5.26 Å². The highest BCUT2D eigenvalue weighted by atomic mass is 14.3. The van der Waals surface area contributed by atoms with Crippen molar-refractivity contribution >= 4 is 0 Å². The van der Waals surface area contributed by atoms with E-state index in [4.69, 9.17) is 5.26 Å². The van der Waals surface area contributed by atoms with Crippen LogP contribution in [0.3, 0.4) is 0 Å². The summed E-state index contributed by atoms with van der Waals surface area (Å²) in [5.74, 6) is 0. The predicted molar refractivity (Wildman–Crippen MR) is 57.3 cm³/mol. The molecule has 0 saturated heterocycles. The lowest BCUT2D eigenvalue weighted by Crippen LogP contribution is -2.10. The maximum atomic E-state index is 8.98. The fourth-order valence-corrected chi connectivity index (χ4v) is 1.10. The van der Waals surface area contributed by atoms with E-state index in [2.05, 4.69) is 40.7 Å². The van der Waals surface area contributed by atoms with Gasteiger partial charge in [-0.25, -0.2) is 0 Å². The van der Waals surface area contributed by atoms with Crippen LogP contribution in [0.4, 0.5) is 0 Å². The number of rotatable bonds is 4. The van der Waals surface area contributed by atoms with Crippen molar-refractivity contribution in [3.8, 4) is 6.07 Å². The molecular formula is C12H21N. The molecule has 0 aromatic heterocycles. The molecule has 0 aliphatic heterocycles. The highest BCUT2D eigenvalue weighted by Crippen LogP contribution is 2.30. The molecule has 0 amide bonds. The minimum atomic E-state index is 0.265. The monoisotopic (exact) mass is 179 g/mol. The molecule has 1 nitrogen and oxygen atoms in total. The van der Waals surface area contributed by atoms with Gasteiger partial charge < -0.3 is 0 Å². The average Bonchev–Trinajstić information content (AvgIpc) is 2.13. The van der Waals surface area contributed by atoms with Crippen LogP contribution >= 0.6 is 0 Å². The van der Waals surface area contributed by atoms with Gasteiger partial charge in [0, 0.05) is 5.57 Å². The number of nitrogens with zero attached hydrogens (tertiary/aromatic N) is 1. The second-order valence-corrected chi connectivity index (χ2v) is 4.42. The predicted octanol–water partition coefficient (Wildman–Crippen LogP) is 4.06. The van der Waals surface area contributed by atoms with Crippen molar-refractivity contribution in [2.75, 3.05) is 0 Å². The second-order valence-electron chi connectivity index (χ2n) is 4.42. The zero-order valence-corrected chi connectivity index (χ0v) is 9.57. The van der Waals surface area contributed by atoms with E-state index >= 15 is 0 Å². The van der Waals surface area contributed by atoms with Crippen LogP contribution in [0, 0.1) is 16.7 Å². The van der Waals surface area contributed by atoms with E-state index in [0.29, 0.717) is 0 Å². The highest BCUT2D eigenvalue weighted by Gasteiger charge is 2.18. The highest BCUT2D eigenvalue weighted by molar-refractivity contribution is 5.27. The maximum absolute atomic E-state index is 8.98. The summed E-state index contributed by atoms with van der Waals surface area (Å²) in [6.07, 6.45) is 3.03. The molecule has 0 N–H and O–H groups in total. The zero-order chi connectivity index (χ0) is 10.5. The molecule has 0 rings (SSSR count). The normalized spacial score (nSPS) is 13.5. The first-order valence-corrected chi connectivity index (χ1v) is 5.05. The molecule has 0 radical (unpaired) electrons. The molecule has 1 heteroatoms. The quantitative estimate of drug-likeness (QED) is 0.597. The average molecular weight is 179 g/mol. The first-order valence-electron chi connectivity index (χ1n) is 5.05. The Morgan fingerprint density at radius 3 is 2.15 bits per heavy atom. The largest absolute Gasteiger partial charge is 0.193 e. The lowest BCUT2D eigenvalue weighted by atomic mass is 9.82. The zero-order valence-electron chi connectivity index (χ0n) is 9.57. The summed E-state index contributed by atoms with van der Waals surface area (Å²) in [4.78, 5) is 0. The number of nitriles is 1. The van der Waals surface area contributed by atoms with Gasteiger partial charge in [0.15, 0.2) is 0 Å². The van der Waals surface area contributed by atoms with Gasteiger partial charge in [-0.15, -0.1) is 0 Å². The molecule has 0 saturated carbocycles. The van der Waals surface area contributed by atoms with E-state index in [1.54, 1.807) is 0 Å². The van der Waals surface area contributed by atoms with Crippen LogP contribution in [0.25, 0.3) is 0 Å². The Balaban J connectivity index is 4.59. The van der Waals surface area contributed by atoms with Gasteiger partial charge in [-0.3, -0.25) is 0 Å². The Labute approximate surface area is 82.5 Å². The van der Waals surface area contributed by atoms with E-state index in [-0.39, 0.29) is 5.41 Å². The number of allylic oxidation sites excluding steroid dienone is 2. The lowest BCUT2D eigenvalue weighted by Gasteiger charge is -2.22. The molecule has 13 heavy (non-hydrogen) atoms. The van der Waals surface area contributed by atoms with Gasteiger partial charge >= 0.3 is 0 Å². The van der Waals surface area contributed by atoms with Crippen molar-refractivity contribution in [3.05, 3.63) is 11.1 Å². The lowest BCUT2D eigenvalue weighted by molar-refractivity contribution is 0.350. The van der Waals surface area contributed by atoms with Crippen LogP contribution < -0.4 is 0 Å². The van der Waals surface area contributed by atoms with Crippen molar-refractivity contribution in [3.63, 3.8) is 0 Å². The van der Waals surface area contributed by atoms with Crippen molar-refractivity contribution in [2.24, 2.45) is 5.41 Å². The summed E-state index contributed by atoms with van der Waals surface area (Å²) in [6, 6.07) is 2.32. The Morgan fingerprint density at radius 2 is 1.85 bits per heavy atom. The second kappa shape index (κ2) is 5.07. The van der Waals surface area contributed by atoms with Crippen LogP contribution in [0.15, 0.2) is 11.1 Å². The van der Waals surface area contributed by atoms with Crippen molar-refractivity contribution in [1.29, 1.82) is 5.26 Å².